The Kier molecular flexibility index (Phi) is 4.69. The molecule has 1 aliphatic carbocycles. The van der Waals surface area contributed by atoms with Crippen molar-refractivity contribution in [3.05, 3.63) is 59.9 Å². The summed E-state index contributed by atoms with van der Waals surface area (Å²) in [5.74, 6) is 1.20. The Bertz CT molecular complexity index is 721. The van der Waals surface area contributed by atoms with Gasteiger partial charge in [0.05, 0.1) is 11.7 Å². The van der Waals surface area contributed by atoms with Gasteiger partial charge in [-0.05, 0) is 60.1 Å². The van der Waals surface area contributed by atoms with E-state index in [2.05, 4.69) is 9.88 Å². The van der Waals surface area contributed by atoms with Gasteiger partial charge in [0.1, 0.15) is 5.75 Å². The van der Waals surface area contributed by atoms with E-state index in [1.807, 2.05) is 12.1 Å². The molecule has 3 N–H and O–H groups in total. The molecule has 1 aromatic carbocycles. The fourth-order valence-electron chi connectivity index (χ4n) is 4.78. The summed E-state index contributed by atoms with van der Waals surface area (Å²) >= 11 is 0. The molecule has 4 atom stereocenters. The summed E-state index contributed by atoms with van der Waals surface area (Å²) < 4.78 is 0. The van der Waals surface area contributed by atoms with Gasteiger partial charge in [-0.3, -0.25) is 9.88 Å². The number of nitrogens with zero attached hydrogens (tertiary/aromatic N) is 2. The van der Waals surface area contributed by atoms with Gasteiger partial charge in [-0.25, -0.2) is 0 Å². The highest BCUT2D eigenvalue weighted by atomic mass is 16.3. The maximum atomic E-state index is 11.0. The minimum absolute atomic E-state index is 0.213. The van der Waals surface area contributed by atoms with E-state index < -0.39 is 11.7 Å². The topological polar surface area (TPSA) is 76.8 Å². The van der Waals surface area contributed by atoms with Crippen molar-refractivity contribution in [2.24, 2.45) is 11.8 Å². The molecular weight excluding hydrogens is 328 g/mol. The molecule has 1 saturated heterocycles. The number of aromatic nitrogens is 1. The number of phenolic OH excluding ortho intramolecular Hbond substituents is 1. The highest BCUT2D eigenvalue weighted by Gasteiger charge is 2.48. The Morgan fingerprint density at radius 3 is 2.27 bits per heavy atom. The van der Waals surface area contributed by atoms with Crippen LogP contribution in [0, 0.1) is 11.8 Å². The second-order valence-electron chi connectivity index (χ2n) is 8.01. The van der Waals surface area contributed by atoms with Crippen LogP contribution in [0.3, 0.4) is 0 Å². The summed E-state index contributed by atoms with van der Waals surface area (Å²) in [4.78, 5) is 6.35. The molecule has 26 heavy (non-hydrogen) atoms. The first-order chi connectivity index (χ1) is 12.5. The fourth-order valence-corrected chi connectivity index (χ4v) is 4.78. The molecule has 2 heterocycles. The zero-order chi connectivity index (χ0) is 18.1. The first kappa shape index (κ1) is 17.5. The molecule has 4 rings (SSSR count). The molecule has 0 amide bonds. The van der Waals surface area contributed by atoms with Gasteiger partial charge in [0.2, 0.25) is 0 Å². The van der Waals surface area contributed by atoms with Crippen LogP contribution < -0.4 is 0 Å². The number of phenols is 1. The average molecular weight is 354 g/mol. The maximum Gasteiger partial charge on any atom is 0.115 e. The summed E-state index contributed by atoms with van der Waals surface area (Å²) in [6, 6.07) is 10.7. The minimum Gasteiger partial charge on any atom is -0.508 e. The highest BCUT2D eigenvalue weighted by molar-refractivity contribution is 5.27. The third-order valence-electron chi connectivity index (χ3n) is 5.93. The van der Waals surface area contributed by atoms with Crippen molar-refractivity contribution >= 4 is 0 Å². The number of aliphatic hydroxyl groups is 2. The predicted molar refractivity (Wildman–Crippen MR) is 98.6 cm³/mol. The maximum absolute atomic E-state index is 11.0. The quantitative estimate of drug-likeness (QED) is 0.767. The van der Waals surface area contributed by atoms with Crippen molar-refractivity contribution in [1.29, 1.82) is 0 Å². The summed E-state index contributed by atoms with van der Waals surface area (Å²) in [5, 5.41) is 30.8. The lowest BCUT2D eigenvalue weighted by Gasteiger charge is -2.27. The van der Waals surface area contributed by atoms with Crippen LogP contribution in [0.5, 0.6) is 5.75 Å². The number of pyridine rings is 1. The smallest absolute Gasteiger partial charge is 0.115 e. The Hall–Kier alpha value is -1.95. The molecule has 138 valence electrons. The monoisotopic (exact) mass is 354 g/mol. The summed E-state index contributed by atoms with van der Waals surface area (Å²) in [6.45, 7) is 2.46. The summed E-state index contributed by atoms with van der Waals surface area (Å²) in [7, 11) is 0. The third kappa shape index (κ3) is 3.75. The first-order valence-electron chi connectivity index (χ1n) is 9.31. The van der Waals surface area contributed by atoms with Gasteiger partial charge in [-0.2, -0.15) is 0 Å². The zero-order valence-corrected chi connectivity index (χ0v) is 14.8. The number of likely N-dealkylation sites (tertiary alicyclic amines) is 1. The molecule has 0 radical (unpaired) electrons. The van der Waals surface area contributed by atoms with Crippen LogP contribution in [-0.4, -0.2) is 50.4 Å². The lowest BCUT2D eigenvalue weighted by molar-refractivity contribution is 0.0328. The normalized spacial score (nSPS) is 29.6. The number of benzene rings is 1. The molecule has 2 aliphatic rings. The van der Waals surface area contributed by atoms with Gasteiger partial charge in [-0.1, -0.05) is 12.1 Å². The van der Waals surface area contributed by atoms with Crippen molar-refractivity contribution in [3.63, 3.8) is 0 Å². The van der Waals surface area contributed by atoms with E-state index in [0.29, 0.717) is 24.8 Å². The summed E-state index contributed by atoms with van der Waals surface area (Å²) in [5.41, 5.74) is 1.36. The number of hydrogen-bond donors (Lipinski definition) is 3. The first-order valence-corrected chi connectivity index (χ1v) is 9.31. The van der Waals surface area contributed by atoms with Crippen LogP contribution in [-0.2, 0) is 6.42 Å². The van der Waals surface area contributed by atoms with E-state index in [1.54, 1.807) is 36.7 Å². The van der Waals surface area contributed by atoms with E-state index in [1.165, 1.54) is 0 Å². The Balaban J connectivity index is 1.32. The standard InChI is InChI=1S/C21H26N2O3/c24-19-3-1-16(2-4-19)20(25)14-23-12-17-10-21(26,11-18(17)13-23)9-15-5-7-22-8-6-15/h1-8,17-18,20,24-26H,9-14H2/t17-,18+,20?,21?. The Labute approximate surface area is 153 Å². The number of rotatable bonds is 5. The molecule has 1 aliphatic heterocycles. The zero-order valence-electron chi connectivity index (χ0n) is 14.8. The van der Waals surface area contributed by atoms with Crippen LogP contribution in [0.1, 0.15) is 30.1 Å². The van der Waals surface area contributed by atoms with Gasteiger partial charge in [-0.15, -0.1) is 0 Å². The van der Waals surface area contributed by atoms with Crippen molar-refractivity contribution in [2.75, 3.05) is 19.6 Å². The average Bonchev–Trinajstić information content (AvgIpc) is 3.10. The van der Waals surface area contributed by atoms with Gasteiger partial charge < -0.3 is 15.3 Å². The molecule has 2 aromatic rings. The highest BCUT2D eigenvalue weighted by Crippen LogP contribution is 2.45. The Morgan fingerprint density at radius 2 is 1.65 bits per heavy atom. The van der Waals surface area contributed by atoms with Crippen LogP contribution in [0.2, 0.25) is 0 Å². The number of aromatic hydroxyl groups is 1. The van der Waals surface area contributed by atoms with E-state index in [4.69, 9.17) is 0 Å². The summed E-state index contributed by atoms with van der Waals surface area (Å²) in [6.07, 6.45) is 5.35. The second-order valence-corrected chi connectivity index (χ2v) is 8.01. The van der Waals surface area contributed by atoms with Gasteiger partial charge in [0, 0.05) is 38.4 Å². The van der Waals surface area contributed by atoms with Crippen LogP contribution in [0.25, 0.3) is 0 Å². The molecule has 2 unspecified atom stereocenters. The Morgan fingerprint density at radius 1 is 1.04 bits per heavy atom. The SMILES string of the molecule is Oc1ccc(C(O)CN2C[C@@H]3CC(O)(Cc4ccncc4)C[C@@H]3C2)cc1. The van der Waals surface area contributed by atoms with Gasteiger partial charge in [0.25, 0.3) is 0 Å². The van der Waals surface area contributed by atoms with E-state index in [0.717, 1.165) is 37.1 Å². The minimum atomic E-state index is -0.613. The van der Waals surface area contributed by atoms with E-state index in [9.17, 15) is 15.3 Å². The third-order valence-corrected chi connectivity index (χ3v) is 5.93. The van der Waals surface area contributed by atoms with Crippen molar-refractivity contribution < 1.29 is 15.3 Å². The molecule has 5 heteroatoms. The van der Waals surface area contributed by atoms with Crippen LogP contribution in [0.15, 0.2) is 48.8 Å². The largest absolute Gasteiger partial charge is 0.508 e. The van der Waals surface area contributed by atoms with Crippen LogP contribution in [0.4, 0.5) is 0 Å². The van der Waals surface area contributed by atoms with Gasteiger partial charge >= 0.3 is 0 Å². The molecule has 1 aromatic heterocycles. The fraction of sp³-hybridized carbons (Fsp3) is 0.476. The molecule has 0 bridgehead atoms. The second kappa shape index (κ2) is 6.99. The predicted octanol–water partition coefficient (Wildman–Crippen LogP) is 2.14. The van der Waals surface area contributed by atoms with Crippen molar-refractivity contribution in [3.8, 4) is 5.75 Å². The lowest BCUT2D eigenvalue weighted by atomic mass is 9.92. The van der Waals surface area contributed by atoms with Crippen molar-refractivity contribution in [1.82, 2.24) is 9.88 Å². The van der Waals surface area contributed by atoms with Gasteiger partial charge in [0.15, 0.2) is 0 Å². The molecule has 1 saturated carbocycles. The molecule has 0 spiro atoms. The number of fused-ring (bicyclic) bond motifs is 1. The van der Waals surface area contributed by atoms with Crippen molar-refractivity contribution in [2.45, 2.75) is 31.0 Å². The lowest BCUT2D eigenvalue weighted by Crippen LogP contribution is -2.33. The van der Waals surface area contributed by atoms with E-state index in [-0.39, 0.29) is 5.75 Å². The van der Waals surface area contributed by atoms with E-state index >= 15 is 0 Å². The molecular formula is C21H26N2O3. The molecule has 2 fully saturated rings. The number of hydrogen-bond acceptors (Lipinski definition) is 5. The van der Waals surface area contributed by atoms with Crippen LogP contribution >= 0.6 is 0 Å². The number of β-amino-alcohol motifs (C(OH)–C–C–N with tert-alkyl or cyclic N) is 1. The molecule has 5 nitrogen and oxygen atoms in total. The number of aliphatic hydroxyl groups excluding tert-OH is 1.